The van der Waals surface area contributed by atoms with Gasteiger partial charge in [0.25, 0.3) is 5.56 Å². The molecule has 0 unspecified atom stereocenters. The fourth-order valence-electron chi connectivity index (χ4n) is 2.39. The van der Waals surface area contributed by atoms with Gasteiger partial charge in [-0.3, -0.25) is 14.9 Å². The third kappa shape index (κ3) is 5.75. The minimum absolute atomic E-state index is 0.0514. The first-order valence-electron chi connectivity index (χ1n) is 8.82. The second kappa shape index (κ2) is 9.64. The van der Waals surface area contributed by atoms with Gasteiger partial charge in [0.1, 0.15) is 5.69 Å². The molecule has 2 N–H and O–H groups in total. The highest BCUT2D eigenvalue weighted by atomic mass is 32.1. The third-order valence-electron chi connectivity index (χ3n) is 3.66. The van der Waals surface area contributed by atoms with Crippen LogP contribution in [-0.2, 0) is 22.5 Å². The molecule has 0 radical (unpaired) electrons. The van der Waals surface area contributed by atoms with E-state index in [1.54, 1.807) is 30.5 Å². The van der Waals surface area contributed by atoms with E-state index in [0.717, 1.165) is 0 Å². The van der Waals surface area contributed by atoms with E-state index in [-0.39, 0.29) is 37.6 Å². The highest BCUT2D eigenvalue weighted by molar-refractivity contribution is 7.13. The van der Waals surface area contributed by atoms with Gasteiger partial charge >= 0.3 is 6.09 Å². The van der Waals surface area contributed by atoms with E-state index < -0.39 is 6.09 Å². The number of nitrogens with one attached hydrogen (secondary N) is 2. The van der Waals surface area contributed by atoms with Gasteiger partial charge in [0.15, 0.2) is 10.9 Å². The molecule has 11 heteroatoms. The Bertz CT molecular complexity index is 1030. The van der Waals surface area contributed by atoms with Crippen LogP contribution in [0.1, 0.15) is 12.6 Å². The molecule has 0 saturated heterocycles. The third-order valence-corrected chi connectivity index (χ3v) is 4.47. The number of anilines is 1. The second-order valence-electron chi connectivity index (χ2n) is 5.77. The lowest BCUT2D eigenvalue weighted by molar-refractivity contribution is -0.120. The Morgan fingerprint density at radius 2 is 2.17 bits per heavy atom. The fraction of sp³-hybridized carbons (Fsp3) is 0.278. The number of hydrogen-bond acceptors (Lipinski definition) is 8. The van der Waals surface area contributed by atoms with E-state index >= 15 is 0 Å². The Labute approximate surface area is 169 Å². The van der Waals surface area contributed by atoms with Crippen LogP contribution in [0.2, 0.25) is 0 Å². The average molecular weight is 417 g/mol. The molecule has 3 aromatic rings. The highest BCUT2D eigenvalue weighted by Crippen LogP contribution is 2.16. The number of hydrogen-bond donors (Lipinski definition) is 2. The highest BCUT2D eigenvalue weighted by Gasteiger charge is 2.11. The molecule has 3 aromatic heterocycles. The standard InChI is InChI=1S/C18H19N5O5S/c1-2-27-18(26)21-17-20-12(11-29-17)10-15(24)19-7-8-23-16(25)6-5-13(22-23)14-4-3-9-28-14/h3-6,9,11H,2,7-8,10H2,1H3,(H,19,24)(H,20,21,26). The van der Waals surface area contributed by atoms with E-state index in [2.05, 4.69) is 20.7 Å². The molecule has 3 rings (SSSR count). The Morgan fingerprint density at radius 1 is 1.31 bits per heavy atom. The van der Waals surface area contributed by atoms with Crippen LogP contribution in [0.15, 0.2) is 45.1 Å². The lowest BCUT2D eigenvalue weighted by Gasteiger charge is -2.07. The molecule has 0 aliphatic rings. The molecule has 0 spiro atoms. The molecule has 0 aliphatic heterocycles. The topological polar surface area (TPSA) is 128 Å². The Hall–Kier alpha value is -3.47. The monoisotopic (exact) mass is 417 g/mol. The maximum atomic E-state index is 12.1. The maximum absolute atomic E-state index is 12.1. The lowest BCUT2D eigenvalue weighted by Crippen LogP contribution is -2.32. The minimum atomic E-state index is -0.590. The van der Waals surface area contributed by atoms with E-state index in [1.807, 2.05) is 0 Å². The summed E-state index contributed by atoms with van der Waals surface area (Å²) in [6.07, 6.45) is 0.988. The number of nitrogens with zero attached hydrogens (tertiary/aromatic N) is 3. The van der Waals surface area contributed by atoms with Crippen LogP contribution in [0.3, 0.4) is 0 Å². The molecule has 152 valence electrons. The zero-order valence-corrected chi connectivity index (χ0v) is 16.4. The first-order chi connectivity index (χ1) is 14.0. The smallest absolute Gasteiger partial charge is 0.413 e. The molecule has 0 bridgehead atoms. The predicted octanol–water partition coefficient (Wildman–Crippen LogP) is 1.89. The molecule has 29 heavy (non-hydrogen) atoms. The molecule has 0 fully saturated rings. The van der Waals surface area contributed by atoms with Gasteiger partial charge in [-0.15, -0.1) is 11.3 Å². The molecule has 0 atom stereocenters. The van der Waals surface area contributed by atoms with Crippen molar-refractivity contribution in [2.45, 2.75) is 19.9 Å². The van der Waals surface area contributed by atoms with E-state index in [4.69, 9.17) is 9.15 Å². The number of furan rings is 1. The summed E-state index contributed by atoms with van der Waals surface area (Å²) in [6, 6.07) is 6.47. The molecule has 10 nitrogen and oxygen atoms in total. The SMILES string of the molecule is CCOC(=O)Nc1nc(CC(=O)NCCn2nc(-c3ccco3)ccc2=O)cs1. The normalized spacial score (nSPS) is 10.5. The van der Waals surface area contributed by atoms with Crippen molar-refractivity contribution in [3.8, 4) is 11.5 Å². The van der Waals surface area contributed by atoms with Crippen molar-refractivity contribution in [2.75, 3.05) is 18.5 Å². The second-order valence-corrected chi connectivity index (χ2v) is 6.63. The molecule has 0 aliphatic carbocycles. The number of carbonyl (C=O) groups excluding carboxylic acids is 2. The van der Waals surface area contributed by atoms with Crippen molar-refractivity contribution >= 4 is 28.5 Å². The van der Waals surface area contributed by atoms with E-state index in [0.29, 0.717) is 22.3 Å². The van der Waals surface area contributed by atoms with Crippen LogP contribution in [0.25, 0.3) is 11.5 Å². The molecule has 0 saturated carbocycles. The van der Waals surface area contributed by atoms with Gasteiger partial charge in [-0.05, 0) is 25.1 Å². The predicted molar refractivity (Wildman–Crippen MR) is 106 cm³/mol. The van der Waals surface area contributed by atoms with Gasteiger partial charge in [0.05, 0.1) is 31.5 Å². The summed E-state index contributed by atoms with van der Waals surface area (Å²) in [4.78, 5) is 39.6. The van der Waals surface area contributed by atoms with Crippen molar-refractivity contribution in [1.82, 2.24) is 20.1 Å². The summed E-state index contributed by atoms with van der Waals surface area (Å²) in [5, 5.41) is 11.5. The van der Waals surface area contributed by atoms with Crippen molar-refractivity contribution < 1.29 is 18.7 Å². The zero-order valence-electron chi connectivity index (χ0n) is 15.6. The average Bonchev–Trinajstić information content (AvgIpc) is 3.36. The van der Waals surface area contributed by atoms with E-state index in [1.165, 1.54) is 28.3 Å². The van der Waals surface area contributed by atoms with Crippen LogP contribution >= 0.6 is 11.3 Å². The molecule has 3 heterocycles. The van der Waals surface area contributed by atoms with Crippen molar-refractivity contribution in [2.24, 2.45) is 0 Å². The summed E-state index contributed by atoms with van der Waals surface area (Å²) in [7, 11) is 0. The number of aromatic nitrogens is 3. The van der Waals surface area contributed by atoms with Gasteiger partial charge in [-0.1, -0.05) is 0 Å². The molecule has 0 aromatic carbocycles. The van der Waals surface area contributed by atoms with Gasteiger partial charge in [-0.25, -0.2) is 14.5 Å². The van der Waals surface area contributed by atoms with Crippen molar-refractivity contribution in [1.29, 1.82) is 0 Å². The molecule has 2 amide bonds. The summed E-state index contributed by atoms with van der Waals surface area (Å²) < 4.78 is 11.3. The number of ether oxygens (including phenoxy) is 1. The summed E-state index contributed by atoms with van der Waals surface area (Å²) in [5.74, 6) is 0.298. The Morgan fingerprint density at radius 3 is 2.93 bits per heavy atom. The number of rotatable bonds is 8. The summed E-state index contributed by atoms with van der Waals surface area (Å²) >= 11 is 1.20. The summed E-state index contributed by atoms with van der Waals surface area (Å²) in [5.41, 5.74) is 0.781. The number of carbonyl (C=O) groups is 2. The lowest BCUT2D eigenvalue weighted by atomic mass is 10.3. The maximum Gasteiger partial charge on any atom is 0.413 e. The number of thiazole rings is 1. The Kier molecular flexibility index (Phi) is 6.74. The van der Waals surface area contributed by atoms with Crippen LogP contribution in [-0.4, -0.2) is 39.9 Å². The van der Waals surface area contributed by atoms with Gasteiger partial charge in [0.2, 0.25) is 5.91 Å². The van der Waals surface area contributed by atoms with Crippen LogP contribution in [0.4, 0.5) is 9.93 Å². The first kappa shape index (κ1) is 20.3. The van der Waals surface area contributed by atoms with E-state index in [9.17, 15) is 14.4 Å². The van der Waals surface area contributed by atoms with Crippen molar-refractivity contribution in [3.05, 3.63) is 52.0 Å². The largest absolute Gasteiger partial charge is 0.463 e. The quantitative estimate of drug-likeness (QED) is 0.573. The summed E-state index contributed by atoms with van der Waals surface area (Å²) in [6.45, 7) is 2.40. The van der Waals surface area contributed by atoms with Crippen LogP contribution in [0.5, 0.6) is 0 Å². The fourth-order valence-corrected chi connectivity index (χ4v) is 3.09. The zero-order chi connectivity index (χ0) is 20.6. The first-order valence-corrected chi connectivity index (χ1v) is 9.70. The van der Waals surface area contributed by atoms with Crippen LogP contribution < -0.4 is 16.2 Å². The van der Waals surface area contributed by atoms with Crippen molar-refractivity contribution in [3.63, 3.8) is 0 Å². The van der Waals surface area contributed by atoms with Gasteiger partial charge in [-0.2, -0.15) is 5.10 Å². The molecular weight excluding hydrogens is 398 g/mol. The molecular formula is C18H19N5O5S. The Balaban J connectivity index is 1.49. The van der Waals surface area contributed by atoms with Crippen LogP contribution in [0, 0.1) is 0 Å². The number of amides is 2. The minimum Gasteiger partial charge on any atom is -0.463 e. The van der Waals surface area contributed by atoms with Gasteiger partial charge in [0, 0.05) is 18.0 Å². The van der Waals surface area contributed by atoms with Gasteiger partial charge < -0.3 is 14.5 Å².